The van der Waals surface area contributed by atoms with Crippen molar-refractivity contribution < 1.29 is 14.3 Å². The van der Waals surface area contributed by atoms with Crippen LogP contribution >= 0.6 is 15.9 Å². The molecule has 0 fully saturated rings. The summed E-state index contributed by atoms with van der Waals surface area (Å²) in [6.07, 6.45) is 0. The van der Waals surface area contributed by atoms with Crippen LogP contribution in [0.25, 0.3) is 0 Å². The highest BCUT2D eigenvalue weighted by atomic mass is 79.9. The number of para-hydroxylation sites is 1. The van der Waals surface area contributed by atoms with Crippen molar-refractivity contribution in [3.63, 3.8) is 0 Å². The third-order valence-electron chi connectivity index (χ3n) is 3.13. The molecule has 0 radical (unpaired) electrons. The molecule has 2 aromatic carbocycles. The van der Waals surface area contributed by atoms with Gasteiger partial charge in [0.1, 0.15) is 13.2 Å². The molecule has 3 rings (SSSR count). The molecule has 1 heterocycles. The van der Waals surface area contributed by atoms with E-state index in [1.807, 2.05) is 42.5 Å². The van der Waals surface area contributed by atoms with Crippen molar-refractivity contribution in [1.82, 2.24) is 0 Å². The van der Waals surface area contributed by atoms with Crippen LogP contribution in [0.1, 0.15) is 0 Å². The number of benzene rings is 2. The maximum atomic E-state index is 12.0. The van der Waals surface area contributed by atoms with Crippen LogP contribution in [-0.2, 0) is 4.79 Å². The molecule has 0 aromatic heterocycles. The van der Waals surface area contributed by atoms with Crippen molar-refractivity contribution in [2.75, 3.05) is 30.4 Å². The minimum atomic E-state index is -0.128. The molecule has 2 aromatic rings. The van der Waals surface area contributed by atoms with Crippen molar-refractivity contribution in [2.24, 2.45) is 0 Å². The zero-order valence-electron chi connectivity index (χ0n) is 11.8. The predicted octanol–water partition coefficient (Wildman–Crippen LogP) is 3.27. The average molecular weight is 363 g/mol. The number of halogens is 1. The first-order valence-electron chi connectivity index (χ1n) is 6.90. The first-order chi connectivity index (χ1) is 10.7. The smallest absolute Gasteiger partial charge is 0.243 e. The molecule has 1 amide bonds. The van der Waals surface area contributed by atoms with E-state index in [0.29, 0.717) is 24.7 Å². The quantitative estimate of drug-likeness (QED) is 0.876. The Morgan fingerprint density at radius 2 is 1.86 bits per heavy atom. The Morgan fingerprint density at radius 1 is 1.09 bits per heavy atom. The molecule has 5 nitrogen and oxygen atoms in total. The third kappa shape index (κ3) is 3.51. The summed E-state index contributed by atoms with van der Waals surface area (Å²) in [5, 5.41) is 5.90. The fraction of sp³-hybridized carbons (Fsp3) is 0.188. The summed E-state index contributed by atoms with van der Waals surface area (Å²) in [7, 11) is 0. The maximum absolute atomic E-state index is 12.0. The minimum Gasteiger partial charge on any atom is -0.486 e. The number of rotatable bonds is 4. The molecule has 0 bridgehead atoms. The third-order valence-corrected chi connectivity index (χ3v) is 3.66. The summed E-state index contributed by atoms with van der Waals surface area (Å²) in [4.78, 5) is 12.0. The van der Waals surface area contributed by atoms with Gasteiger partial charge in [0.15, 0.2) is 11.5 Å². The van der Waals surface area contributed by atoms with Gasteiger partial charge in [-0.3, -0.25) is 4.79 Å². The van der Waals surface area contributed by atoms with Crippen molar-refractivity contribution in [1.29, 1.82) is 0 Å². The van der Waals surface area contributed by atoms with E-state index in [4.69, 9.17) is 9.47 Å². The Labute approximate surface area is 136 Å². The van der Waals surface area contributed by atoms with Crippen LogP contribution in [0.2, 0.25) is 0 Å². The highest BCUT2D eigenvalue weighted by molar-refractivity contribution is 9.10. The van der Waals surface area contributed by atoms with Crippen molar-refractivity contribution in [3.8, 4) is 11.5 Å². The van der Waals surface area contributed by atoms with Gasteiger partial charge in [-0.25, -0.2) is 0 Å². The van der Waals surface area contributed by atoms with Crippen LogP contribution in [0.15, 0.2) is 46.9 Å². The highest BCUT2D eigenvalue weighted by Crippen LogP contribution is 2.37. The first-order valence-corrected chi connectivity index (χ1v) is 7.69. The van der Waals surface area contributed by atoms with Gasteiger partial charge in [-0.15, -0.1) is 0 Å². The summed E-state index contributed by atoms with van der Waals surface area (Å²) in [5.74, 6) is 1.23. The van der Waals surface area contributed by atoms with E-state index in [9.17, 15) is 4.79 Å². The summed E-state index contributed by atoms with van der Waals surface area (Å²) < 4.78 is 12.1. The molecule has 0 saturated carbocycles. The number of carbonyl (C=O) groups excluding carboxylic acids is 1. The number of ether oxygens (including phenoxy) is 2. The number of hydrogen-bond donors (Lipinski definition) is 2. The van der Waals surface area contributed by atoms with E-state index in [1.165, 1.54) is 0 Å². The zero-order valence-corrected chi connectivity index (χ0v) is 13.4. The zero-order chi connectivity index (χ0) is 15.4. The van der Waals surface area contributed by atoms with E-state index >= 15 is 0 Å². The molecule has 114 valence electrons. The van der Waals surface area contributed by atoms with Crippen LogP contribution in [0, 0.1) is 0 Å². The molecule has 0 spiro atoms. The molecule has 6 heteroatoms. The average Bonchev–Trinajstić information content (AvgIpc) is 2.55. The van der Waals surface area contributed by atoms with Crippen LogP contribution in [-0.4, -0.2) is 25.7 Å². The van der Waals surface area contributed by atoms with Crippen LogP contribution in [0.3, 0.4) is 0 Å². The fourth-order valence-electron chi connectivity index (χ4n) is 2.13. The highest BCUT2D eigenvalue weighted by Gasteiger charge is 2.15. The van der Waals surface area contributed by atoms with Gasteiger partial charge in [-0.05, 0) is 36.4 Å². The van der Waals surface area contributed by atoms with Gasteiger partial charge >= 0.3 is 0 Å². The van der Waals surface area contributed by atoms with Crippen molar-refractivity contribution >= 4 is 33.2 Å². The number of amides is 1. The minimum absolute atomic E-state index is 0.128. The summed E-state index contributed by atoms with van der Waals surface area (Å²) in [6, 6.07) is 13.0. The lowest BCUT2D eigenvalue weighted by Gasteiger charge is -2.21. The Kier molecular flexibility index (Phi) is 4.48. The van der Waals surface area contributed by atoms with Gasteiger partial charge in [0.25, 0.3) is 0 Å². The molecular weight excluding hydrogens is 348 g/mol. The molecule has 0 aliphatic carbocycles. The van der Waals surface area contributed by atoms with Gasteiger partial charge in [-0.1, -0.05) is 22.0 Å². The molecule has 0 saturated heterocycles. The number of anilines is 2. The van der Waals surface area contributed by atoms with Gasteiger partial charge in [0.2, 0.25) is 5.91 Å². The number of nitrogens with one attached hydrogen (secondary N) is 2. The lowest BCUT2D eigenvalue weighted by Crippen LogP contribution is -2.23. The van der Waals surface area contributed by atoms with Gasteiger partial charge in [0, 0.05) is 10.2 Å². The maximum Gasteiger partial charge on any atom is 0.243 e. The second-order valence-electron chi connectivity index (χ2n) is 4.74. The second kappa shape index (κ2) is 6.70. The summed E-state index contributed by atoms with van der Waals surface area (Å²) in [5.41, 5.74) is 1.51. The van der Waals surface area contributed by atoms with E-state index in [0.717, 1.165) is 15.8 Å². The standard InChI is InChI=1S/C16H15BrN2O3/c17-11-4-6-12(7-5-11)19-15(20)10-18-13-2-1-3-14-16(13)22-9-8-21-14/h1-7,18H,8-10H2,(H,19,20). The Bertz CT molecular complexity index is 674. The van der Waals surface area contributed by atoms with Gasteiger partial charge in [0.05, 0.1) is 12.2 Å². The molecule has 0 unspecified atom stereocenters. The topological polar surface area (TPSA) is 59.6 Å². The van der Waals surface area contributed by atoms with E-state index < -0.39 is 0 Å². The Hall–Kier alpha value is -2.21. The lowest BCUT2D eigenvalue weighted by atomic mass is 10.2. The van der Waals surface area contributed by atoms with E-state index in [-0.39, 0.29) is 12.5 Å². The normalized spacial score (nSPS) is 12.6. The molecule has 1 aliphatic heterocycles. The monoisotopic (exact) mass is 362 g/mol. The summed E-state index contributed by atoms with van der Waals surface area (Å²) >= 11 is 3.36. The molecule has 1 aliphatic rings. The van der Waals surface area contributed by atoms with Crippen molar-refractivity contribution in [2.45, 2.75) is 0 Å². The van der Waals surface area contributed by atoms with E-state index in [2.05, 4.69) is 26.6 Å². The van der Waals surface area contributed by atoms with E-state index in [1.54, 1.807) is 0 Å². The molecule has 0 atom stereocenters. The Morgan fingerprint density at radius 3 is 2.68 bits per heavy atom. The lowest BCUT2D eigenvalue weighted by molar-refractivity contribution is -0.114. The van der Waals surface area contributed by atoms with Crippen LogP contribution in [0.5, 0.6) is 11.5 Å². The molecular formula is C16H15BrN2O3. The first kappa shape index (κ1) is 14.7. The summed E-state index contributed by atoms with van der Waals surface area (Å²) in [6.45, 7) is 1.20. The fourth-order valence-corrected chi connectivity index (χ4v) is 2.39. The predicted molar refractivity (Wildman–Crippen MR) is 88.7 cm³/mol. The number of hydrogen-bond acceptors (Lipinski definition) is 4. The van der Waals surface area contributed by atoms with Crippen LogP contribution in [0.4, 0.5) is 11.4 Å². The number of fused-ring (bicyclic) bond motifs is 1. The van der Waals surface area contributed by atoms with Gasteiger partial charge in [-0.2, -0.15) is 0 Å². The number of carbonyl (C=O) groups is 1. The largest absolute Gasteiger partial charge is 0.486 e. The second-order valence-corrected chi connectivity index (χ2v) is 5.65. The molecule has 2 N–H and O–H groups in total. The SMILES string of the molecule is O=C(CNc1cccc2c1OCCO2)Nc1ccc(Br)cc1. The van der Waals surface area contributed by atoms with Crippen molar-refractivity contribution in [3.05, 3.63) is 46.9 Å². The van der Waals surface area contributed by atoms with Gasteiger partial charge < -0.3 is 20.1 Å². The Balaban J connectivity index is 1.60. The molecule has 22 heavy (non-hydrogen) atoms. The van der Waals surface area contributed by atoms with Crippen LogP contribution < -0.4 is 20.1 Å².